The van der Waals surface area contributed by atoms with Crippen molar-refractivity contribution >= 4 is 16.8 Å². The number of ether oxygens (including phenoxy) is 2. The maximum absolute atomic E-state index is 13.4. The number of amides is 1. The van der Waals surface area contributed by atoms with Gasteiger partial charge in [0.1, 0.15) is 5.60 Å². The molecule has 0 aliphatic carbocycles. The van der Waals surface area contributed by atoms with Crippen LogP contribution in [0.25, 0.3) is 10.9 Å². The summed E-state index contributed by atoms with van der Waals surface area (Å²) in [4.78, 5) is 19.1. The minimum atomic E-state index is -0.343. The molecule has 6 heteroatoms. The Labute approximate surface area is 164 Å². The van der Waals surface area contributed by atoms with Crippen molar-refractivity contribution in [3.63, 3.8) is 0 Å². The molecule has 1 aromatic carbocycles. The van der Waals surface area contributed by atoms with Crippen molar-refractivity contribution < 1.29 is 14.3 Å². The van der Waals surface area contributed by atoms with Gasteiger partial charge in [-0.1, -0.05) is 18.2 Å². The molecule has 0 unspecified atom stereocenters. The van der Waals surface area contributed by atoms with E-state index >= 15 is 0 Å². The van der Waals surface area contributed by atoms with Crippen LogP contribution in [0.15, 0.2) is 24.3 Å². The maximum atomic E-state index is 13.4. The Morgan fingerprint density at radius 3 is 2.96 bits per heavy atom. The second-order valence-electron chi connectivity index (χ2n) is 8.91. The quantitative estimate of drug-likeness (QED) is 0.791. The fourth-order valence-corrected chi connectivity index (χ4v) is 5.94. The SMILES string of the molecule is O=C(N1CCC2(CC1)OCCc1c2[nH]c2ccccc12)[C@]12CNC[C@H]1COC2. The van der Waals surface area contributed by atoms with E-state index in [1.807, 2.05) is 0 Å². The monoisotopic (exact) mass is 381 g/mol. The number of fused-ring (bicyclic) bond motifs is 5. The summed E-state index contributed by atoms with van der Waals surface area (Å²) in [5.74, 6) is 0.602. The van der Waals surface area contributed by atoms with Crippen molar-refractivity contribution in [1.82, 2.24) is 15.2 Å². The van der Waals surface area contributed by atoms with Gasteiger partial charge in [-0.3, -0.25) is 4.79 Å². The summed E-state index contributed by atoms with van der Waals surface area (Å²) in [6.07, 6.45) is 2.67. The number of hydrogen-bond acceptors (Lipinski definition) is 4. The first-order chi connectivity index (χ1) is 13.7. The number of aromatic amines is 1. The summed E-state index contributed by atoms with van der Waals surface area (Å²) in [6, 6.07) is 8.53. The molecule has 0 saturated carbocycles. The van der Waals surface area contributed by atoms with Crippen LogP contribution in [0.3, 0.4) is 0 Å². The molecule has 6 nitrogen and oxygen atoms in total. The van der Waals surface area contributed by atoms with Crippen molar-refractivity contribution in [3.05, 3.63) is 35.5 Å². The number of carbonyl (C=O) groups is 1. The Hall–Kier alpha value is -1.89. The maximum Gasteiger partial charge on any atom is 0.232 e. The minimum absolute atomic E-state index is 0.277. The molecule has 28 heavy (non-hydrogen) atoms. The molecule has 1 aromatic heterocycles. The van der Waals surface area contributed by atoms with E-state index in [0.717, 1.165) is 52.0 Å². The molecule has 2 aromatic rings. The third-order valence-corrected chi connectivity index (χ3v) is 7.58. The molecule has 1 spiro atoms. The number of nitrogens with zero attached hydrogens (tertiary/aromatic N) is 1. The van der Waals surface area contributed by atoms with Crippen LogP contribution >= 0.6 is 0 Å². The number of nitrogens with one attached hydrogen (secondary N) is 2. The molecule has 1 amide bonds. The predicted octanol–water partition coefficient (Wildman–Crippen LogP) is 1.79. The Balaban J connectivity index is 1.27. The fraction of sp³-hybridized carbons (Fsp3) is 0.591. The number of benzene rings is 1. The van der Waals surface area contributed by atoms with Gasteiger partial charge in [-0.05, 0) is 30.9 Å². The van der Waals surface area contributed by atoms with Gasteiger partial charge in [-0.25, -0.2) is 0 Å². The molecule has 0 bridgehead atoms. The van der Waals surface area contributed by atoms with Crippen LogP contribution in [-0.4, -0.2) is 61.8 Å². The summed E-state index contributed by atoms with van der Waals surface area (Å²) < 4.78 is 12.1. The summed E-state index contributed by atoms with van der Waals surface area (Å²) >= 11 is 0. The van der Waals surface area contributed by atoms with Crippen molar-refractivity contribution in [3.8, 4) is 0 Å². The normalized spacial score (nSPS) is 31.3. The molecule has 3 fully saturated rings. The number of para-hydroxylation sites is 1. The van der Waals surface area contributed by atoms with Crippen molar-refractivity contribution in [2.24, 2.45) is 11.3 Å². The predicted molar refractivity (Wildman–Crippen MR) is 105 cm³/mol. The van der Waals surface area contributed by atoms with Crippen molar-refractivity contribution in [2.75, 3.05) is 46.0 Å². The molecular weight excluding hydrogens is 354 g/mol. The highest BCUT2D eigenvalue weighted by molar-refractivity contribution is 5.86. The molecule has 4 aliphatic rings. The van der Waals surface area contributed by atoms with E-state index in [2.05, 4.69) is 39.5 Å². The fourth-order valence-electron chi connectivity index (χ4n) is 5.94. The second kappa shape index (κ2) is 6.05. The van der Waals surface area contributed by atoms with Gasteiger partial charge < -0.3 is 24.7 Å². The van der Waals surface area contributed by atoms with Gasteiger partial charge in [-0.2, -0.15) is 0 Å². The van der Waals surface area contributed by atoms with Crippen LogP contribution in [0.1, 0.15) is 24.1 Å². The first kappa shape index (κ1) is 17.0. The summed E-state index contributed by atoms with van der Waals surface area (Å²) in [6.45, 7) is 5.18. The number of likely N-dealkylation sites (tertiary alicyclic amines) is 1. The minimum Gasteiger partial charge on any atom is -0.380 e. The van der Waals surface area contributed by atoms with Crippen LogP contribution < -0.4 is 5.32 Å². The van der Waals surface area contributed by atoms with Crippen LogP contribution in [0.5, 0.6) is 0 Å². The van der Waals surface area contributed by atoms with Gasteiger partial charge in [0.25, 0.3) is 0 Å². The highest BCUT2D eigenvalue weighted by Gasteiger charge is 2.55. The summed E-state index contributed by atoms with van der Waals surface area (Å²) in [5, 5.41) is 4.73. The van der Waals surface area contributed by atoms with E-state index < -0.39 is 0 Å². The molecule has 0 radical (unpaired) electrons. The lowest BCUT2D eigenvalue weighted by Gasteiger charge is -2.45. The van der Waals surface area contributed by atoms with E-state index in [4.69, 9.17) is 9.47 Å². The molecule has 148 valence electrons. The zero-order valence-electron chi connectivity index (χ0n) is 16.1. The molecule has 3 saturated heterocycles. The van der Waals surface area contributed by atoms with Gasteiger partial charge in [-0.15, -0.1) is 0 Å². The van der Waals surface area contributed by atoms with E-state index in [1.165, 1.54) is 22.2 Å². The lowest BCUT2D eigenvalue weighted by Crippen LogP contribution is -2.54. The largest absolute Gasteiger partial charge is 0.380 e. The Kier molecular flexibility index (Phi) is 3.68. The standard InChI is InChI=1S/C22H27N3O3/c26-20(21-13-23-11-15(21)12-27-14-21)25-8-6-22(7-9-25)19-17(5-10-28-22)16-3-1-2-4-18(16)24-19/h1-4,15,23-24H,5-14H2/t15-,21-/m0/s1. The first-order valence-electron chi connectivity index (χ1n) is 10.5. The lowest BCUT2D eigenvalue weighted by atomic mass is 9.78. The lowest BCUT2D eigenvalue weighted by molar-refractivity contribution is -0.151. The van der Waals surface area contributed by atoms with E-state index in [-0.39, 0.29) is 16.9 Å². The number of piperidine rings is 1. The zero-order valence-corrected chi connectivity index (χ0v) is 16.1. The third-order valence-electron chi connectivity index (χ3n) is 7.58. The zero-order chi connectivity index (χ0) is 18.8. The van der Waals surface area contributed by atoms with Crippen LogP contribution in [0.2, 0.25) is 0 Å². The number of carbonyl (C=O) groups excluding carboxylic acids is 1. The second-order valence-corrected chi connectivity index (χ2v) is 8.91. The molecule has 5 heterocycles. The van der Waals surface area contributed by atoms with Gasteiger partial charge in [0.15, 0.2) is 0 Å². The van der Waals surface area contributed by atoms with Gasteiger partial charge in [0, 0.05) is 43.0 Å². The van der Waals surface area contributed by atoms with Gasteiger partial charge in [0.2, 0.25) is 5.91 Å². The van der Waals surface area contributed by atoms with Crippen LogP contribution in [0.4, 0.5) is 0 Å². The molecule has 2 N–H and O–H groups in total. The van der Waals surface area contributed by atoms with Crippen molar-refractivity contribution in [2.45, 2.75) is 24.9 Å². The van der Waals surface area contributed by atoms with Crippen molar-refractivity contribution in [1.29, 1.82) is 0 Å². The topological polar surface area (TPSA) is 66.6 Å². The Morgan fingerprint density at radius 1 is 1.21 bits per heavy atom. The van der Waals surface area contributed by atoms with Crippen LogP contribution in [0, 0.1) is 11.3 Å². The summed E-state index contributed by atoms with van der Waals surface area (Å²) in [7, 11) is 0. The molecule has 2 atom stereocenters. The van der Waals surface area contributed by atoms with Crippen LogP contribution in [-0.2, 0) is 26.3 Å². The van der Waals surface area contributed by atoms with E-state index in [0.29, 0.717) is 19.1 Å². The summed E-state index contributed by atoms with van der Waals surface area (Å²) in [5.41, 5.74) is 3.22. The Bertz CT molecular complexity index is 918. The average Bonchev–Trinajstić information content (AvgIpc) is 3.41. The molecule has 4 aliphatic heterocycles. The Morgan fingerprint density at radius 2 is 2.07 bits per heavy atom. The van der Waals surface area contributed by atoms with Gasteiger partial charge in [0.05, 0.1) is 30.9 Å². The number of aromatic nitrogens is 1. The molecular formula is C22H27N3O3. The smallest absolute Gasteiger partial charge is 0.232 e. The molecule has 6 rings (SSSR count). The van der Waals surface area contributed by atoms with E-state index in [1.54, 1.807) is 0 Å². The number of hydrogen-bond donors (Lipinski definition) is 2. The number of H-pyrrole nitrogens is 1. The highest BCUT2D eigenvalue weighted by atomic mass is 16.5. The van der Waals surface area contributed by atoms with E-state index in [9.17, 15) is 4.79 Å². The highest BCUT2D eigenvalue weighted by Crippen LogP contribution is 2.45. The average molecular weight is 381 g/mol. The number of rotatable bonds is 1. The third kappa shape index (κ3) is 2.22. The first-order valence-corrected chi connectivity index (χ1v) is 10.5. The van der Waals surface area contributed by atoms with Gasteiger partial charge >= 0.3 is 0 Å².